The standard InChI is InChI=1S/C33H46ClN2O2S/c1-3-4-5-6-7-8-9-10-11-12-13-14-22-38-33-24-30(17-20-32(33)34)26-36(28(2)37)31-18-15-29(16-19-31)25-35-21-23-39-27-35/h15-21,23-24,27H,3-14,22,25-26H2,1-2H3/q+1. The molecule has 0 aliphatic rings. The first-order valence-electron chi connectivity index (χ1n) is 14.8. The van der Waals surface area contributed by atoms with Crippen LogP contribution in [0.2, 0.25) is 5.02 Å². The Hall–Kier alpha value is -2.37. The van der Waals surface area contributed by atoms with Crippen LogP contribution in [0.3, 0.4) is 0 Å². The summed E-state index contributed by atoms with van der Waals surface area (Å²) in [6.45, 7) is 5.84. The summed E-state index contributed by atoms with van der Waals surface area (Å²) in [5.41, 5.74) is 5.17. The number of carbonyl (C=O) groups excluding carboxylic acids is 1. The Morgan fingerprint density at radius 2 is 1.49 bits per heavy atom. The zero-order valence-electron chi connectivity index (χ0n) is 23.9. The molecule has 3 aromatic rings. The van der Waals surface area contributed by atoms with Crippen molar-refractivity contribution in [3.8, 4) is 5.75 Å². The van der Waals surface area contributed by atoms with E-state index in [1.165, 1.54) is 76.2 Å². The first-order valence-corrected chi connectivity index (χ1v) is 16.1. The van der Waals surface area contributed by atoms with Gasteiger partial charge in [-0.1, -0.05) is 119 Å². The zero-order chi connectivity index (χ0) is 27.7. The van der Waals surface area contributed by atoms with Gasteiger partial charge in [-0.3, -0.25) is 4.79 Å². The Labute approximate surface area is 245 Å². The Kier molecular flexibility index (Phi) is 14.4. The van der Waals surface area contributed by atoms with Crippen LogP contribution in [0.1, 0.15) is 102 Å². The highest BCUT2D eigenvalue weighted by Gasteiger charge is 2.14. The predicted molar refractivity (Wildman–Crippen MR) is 165 cm³/mol. The molecule has 2 aromatic carbocycles. The van der Waals surface area contributed by atoms with Crippen molar-refractivity contribution in [3.05, 3.63) is 75.7 Å². The van der Waals surface area contributed by atoms with Crippen LogP contribution in [0.4, 0.5) is 5.69 Å². The fourth-order valence-electron chi connectivity index (χ4n) is 4.79. The number of benzene rings is 2. The van der Waals surface area contributed by atoms with Crippen LogP contribution in [-0.2, 0) is 17.9 Å². The van der Waals surface area contributed by atoms with Gasteiger partial charge in [0.2, 0.25) is 11.4 Å². The van der Waals surface area contributed by atoms with Crippen molar-refractivity contribution >= 4 is 34.5 Å². The summed E-state index contributed by atoms with van der Waals surface area (Å²) < 4.78 is 8.19. The monoisotopic (exact) mass is 569 g/mol. The Bertz CT molecular complexity index is 1090. The number of aromatic nitrogens is 1. The maximum atomic E-state index is 12.5. The first kappa shape index (κ1) is 31.2. The lowest BCUT2D eigenvalue weighted by molar-refractivity contribution is -0.683. The number of thiazole rings is 1. The number of rotatable bonds is 19. The van der Waals surface area contributed by atoms with Gasteiger partial charge in [0.05, 0.1) is 23.6 Å². The fourth-order valence-corrected chi connectivity index (χ4v) is 5.56. The molecule has 1 heterocycles. The highest BCUT2D eigenvalue weighted by Crippen LogP contribution is 2.28. The average molecular weight is 570 g/mol. The zero-order valence-corrected chi connectivity index (χ0v) is 25.4. The van der Waals surface area contributed by atoms with Crippen molar-refractivity contribution in [3.63, 3.8) is 0 Å². The van der Waals surface area contributed by atoms with Gasteiger partial charge in [0.25, 0.3) is 0 Å². The van der Waals surface area contributed by atoms with Gasteiger partial charge >= 0.3 is 0 Å². The van der Waals surface area contributed by atoms with E-state index in [9.17, 15) is 4.79 Å². The summed E-state index contributed by atoms with van der Waals surface area (Å²) in [6.07, 6.45) is 17.9. The molecule has 212 valence electrons. The molecule has 1 aromatic heterocycles. The summed E-state index contributed by atoms with van der Waals surface area (Å²) in [6, 6.07) is 14.0. The van der Waals surface area contributed by atoms with Gasteiger partial charge < -0.3 is 9.64 Å². The van der Waals surface area contributed by atoms with E-state index in [2.05, 4.69) is 40.7 Å². The van der Waals surface area contributed by atoms with Crippen molar-refractivity contribution in [1.29, 1.82) is 0 Å². The van der Waals surface area contributed by atoms with E-state index in [0.717, 1.165) is 24.2 Å². The fraction of sp³-hybridized carbons (Fsp3) is 0.515. The van der Waals surface area contributed by atoms with Gasteiger partial charge in [-0.15, -0.1) is 0 Å². The second-order valence-electron chi connectivity index (χ2n) is 10.5. The molecule has 0 N–H and O–H groups in total. The molecule has 1 amide bonds. The maximum Gasteiger partial charge on any atom is 0.224 e. The summed E-state index contributed by atoms with van der Waals surface area (Å²) >= 11 is 8.11. The van der Waals surface area contributed by atoms with Crippen molar-refractivity contribution < 1.29 is 14.1 Å². The highest BCUT2D eigenvalue weighted by molar-refractivity contribution is 7.07. The SMILES string of the molecule is CCCCCCCCCCCCCCOc1cc(CN(C(C)=O)c2ccc(C[n+]3ccsc3)cc2)ccc1Cl. The summed E-state index contributed by atoms with van der Waals surface area (Å²) in [7, 11) is 0. The third-order valence-electron chi connectivity index (χ3n) is 7.11. The van der Waals surface area contributed by atoms with E-state index in [1.807, 2.05) is 30.3 Å². The lowest BCUT2D eigenvalue weighted by atomic mass is 10.1. The van der Waals surface area contributed by atoms with Crippen LogP contribution >= 0.6 is 22.9 Å². The van der Waals surface area contributed by atoms with E-state index in [-0.39, 0.29) is 5.91 Å². The molecule has 39 heavy (non-hydrogen) atoms. The number of amides is 1. The van der Waals surface area contributed by atoms with Gasteiger partial charge in [0.15, 0.2) is 12.7 Å². The Morgan fingerprint density at radius 1 is 0.872 bits per heavy atom. The van der Waals surface area contributed by atoms with E-state index in [4.69, 9.17) is 16.3 Å². The number of anilines is 1. The number of nitrogens with zero attached hydrogens (tertiary/aromatic N) is 2. The average Bonchev–Trinajstić information content (AvgIpc) is 3.45. The molecule has 0 unspecified atom stereocenters. The second-order valence-corrected chi connectivity index (χ2v) is 11.6. The summed E-state index contributed by atoms with van der Waals surface area (Å²) in [5.74, 6) is 0.702. The normalized spacial score (nSPS) is 11.1. The third kappa shape index (κ3) is 11.7. The molecule has 0 aliphatic heterocycles. The number of hydrogen-bond acceptors (Lipinski definition) is 3. The van der Waals surface area contributed by atoms with Gasteiger partial charge in [0, 0.05) is 18.2 Å². The molecule has 0 atom stereocenters. The van der Waals surface area contributed by atoms with Crippen LogP contribution < -0.4 is 14.2 Å². The van der Waals surface area contributed by atoms with E-state index >= 15 is 0 Å². The molecule has 4 nitrogen and oxygen atoms in total. The number of halogens is 1. The van der Waals surface area contributed by atoms with E-state index < -0.39 is 0 Å². The lowest BCUT2D eigenvalue weighted by Gasteiger charge is -2.22. The molecular formula is C33H46ClN2O2S+. The Morgan fingerprint density at radius 3 is 2.08 bits per heavy atom. The predicted octanol–water partition coefficient (Wildman–Crippen LogP) is 9.37. The number of ether oxygens (including phenoxy) is 1. The summed E-state index contributed by atoms with van der Waals surface area (Å²) in [4.78, 5) is 14.3. The van der Waals surface area contributed by atoms with Gasteiger partial charge in [-0.25, -0.2) is 0 Å². The van der Waals surface area contributed by atoms with Crippen LogP contribution in [0, 0.1) is 0 Å². The molecule has 0 spiro atoms. The minimum absolute atomic E-state index is 0.00358. The molecule has 0 bridgehead atoms. The van der Waals surface area contributed by atoms with Crippen molar-refractivity contribution in [2.45, 2.75) is 104 Å². The second kappa shape index (κ2) is 18.1. The molecule has 0 saturated heterocycles. The smallest absolute Gasteiger partial charge is 0.224 e. The van der Waals surface area contributed by atoms with Crippen molar-refractivity contribution in [2.24, 2.45) is 0 Å². The summed E-state index contributed by atoms with van der Waals surface area (Å²) in [5, 5.41) is 2.68. The van der Waals surface area contributed by atoms with Crippen molar-refractivity contribution in [1.82, 2.24) is 0 Å². The topological polar surface area (TPSA) is 33.4 Å². The molecule has 6 heteroatoms. The molecule has 0 fully saturated rings. The van der Waals surface area contributed by atoms with Crippen LogP contribution in [0.25, 0.3) is 0 Å². The Balaban J connectivity index is 1.40. The number of unbranched alkanes of at least 4 members (excludes halogenated alkanes) is 11. The molecule has 0 radical (unpaired) electrons. The molecule has 0 saturated carbocycles. The molecular weight excluding hydrogens is 524 g/mol. The van der Waals surface area contributed by atoms with Crippen LogP contribution in [0.5, 0.6) is 5.75 Å². The van der Waals surface area contributed by atoms with Crippen LogP contribution in [-0.4, -0.2) is 12.5 Å². The number of carbonyl (C=O) groups is 1. The van der Waals surface area contributed by atoms with E-state index in [0.29, 0.717) is 23.9 Å². The molecule has 0 aliphatic carbocycles. The highest BCUT2D eigenvalue weighted by atomic mass is 35.5. The third-order valence-corrected chi connectivity index (χ3v) is 8.10. The van der Waals surface area contributed by atoms with Gasteiger partial charge in [-0.05, 0) is 36.2 Å². The van der Waals surface area contributed by atoms with Gasteiger partial charge in [-0.2, -0.15) is 4.57 Å². The first-order chi connectivity index (χ1) is 19.1. The lowest BCUT2D eigenvalue weighted by Crippen LogP contribution is -2.30. The van der Waals surface area contributed by atoms with E-state index in [1.54, 1.807) is 23.2 Å². The quantitative estimate of drug-likeness (QED) is 0.106. The maximum absolute atomic E-state index is 12.5. The number of hydrogen-bond donors (Lipinski definition) is 0. The van der Waals surface area contributed by atoms with Crippen LogP contribution in [0.15, 0.2) is 59.6 Å². The largest absolute Gasteiger partial charge is 0.492 e. The van der Waals surface area contributed by atoms with Gasteiger partial charge in [0.1, 0.15) is 5.75 Å². The molecule has 3 rings (SSSR count). The minimum atomic E-state index is 0.00358. The minimum Gasteiger partial charge on any atom is -0.492 e. The van der Waals surface area contributed by atoms with Crippen molar-refractivity contribution in [2.75, 3.05) is 11.5 Å².